The fourth-order valence-corrected chi connectivity index (χ4v) is 5.95. The molecule has 2 heterocycles. The Kier molecular flexibility index (Phi) is 9.40. The predicted molar refractivity (Wildman–Crippen MR) is 160 cm³/mol. The lowest BCUT2D eigenvalue weighted by atomic mass is 10.1. The molecule has 13 heteroatoms. The normalized spacial score (nSPS) is 13.2. The van der Waals surface area contributed by atoms with Gasteiger partial charge in [-0.25, -0.2) is 22.7 Å². The molecule has 218 valence electrons. The zero-order valence-electron chi connectivity index (χ0n) is 22.1. The number of anilines is 2. The van der Waals surface area contributed by atoms with Crippen LogP contribution in [0.1, 0.15) is 34.3 Å². The van der Waals surface area contributed by atoms with Crippen molar-refractivity contribution in [3.63, 3.8) is 0 Å². The summed E-state index contributed by atoms with van der Waals surface area (Å²) in [5, 5.41) is 2.73. The van der Waals surface area contributed by atoms with E-state index in [2.05, 4.69) is 43.4 Å². The molecule has 9 nitrogen and oxygen atoms in total. The summed E-state index contributed by atoms with van der Waals surface area (Å²) in [5.41, 5.74) is 2.70. The Bertz CT molecular complexity index is 1620. The van der Waals surface area contributed by atoms with Gasteiger partial charge in [0.1, 0.15) is 4.90 Å². The van der Waals surface area contributed by atoms with E-state index in [9.17, 15) is 13.2 Å². The molecule has 1 saturated carbocycles. The Morgan fingerprint density at radius 3 is 2.14 bits per heavy atom. The number of halogens is 3. The van der Waals surface area contributed by atoms with Crippen molar-refractivity contribution in [1.82, 2.24) is 19.8 Å². The zero-order chi connectivity index (χ0) is 29.7. The molecule has 4 aromatic rings. The summed E-state index contributed by atoms with van der Waals surface area (Å²) in [6.45, 7) is -0.133. The number of pyridine rings is 2. The van der Waals surface area contributed by atoms with Crippen molar-refractivity contribution in [3.05, 3.63) is 111 Å². The highest BCUT2D eigenvalue weighted by molar-refractivity contribution is 14.1. The molecule has 42 heavy (non-hydrogen) atoms. The highest BCUT2D eigenvalue weighted by Gasteiger charge is 2.34. The second-order valence-electron chi connectivity index (χ2n) is 9.74. The van der Waals surface area contributed by atoms with Gasteiger partial charge in [-0.2, -0.15) is 4.31 Å². The molecule has 0 saturated heterocycles. The minimum absolute atomic E-state index is 0.194. The first-order chi connectivity index (χ1) is 20.2. The van der Waals surface area contributed by atoms with E-state index in [4.69, 9.17) is 4.84 Å². The van der Waals surface area contributed by atoms with Gasteiger partial charge in [-0.15, -0.1) is 0 Å². The first kappa shape index (κ1) is 29.9. The van der Waals surface area contributed by atoms with Crippen molar-refractivity contribution < 1.29 is 26.8 Å². The Morgan fingerprint density at radius 2 is 1.60 bits per heavy atom. The van der Waals surface area contributed by atoms with Gasteiger partial charge in [0, 0.05) is 47.1 Å². The van der Waals surface area contributed by atoms with Crippen LogP contribution in [0, 0.1) is 21.1 Å². The number of nitrogens with zero attached hydrogens (tertiary/aromatic N) is 3. The highest BCUT2D eigenvalue weighted by Crippen LogP contribution is 2.34. The summed E-state index contributed by atoms with van der Waals surface area (Å²) in [4.78, 5) is 25.6. The minimum Gasteiger partial charge on any atom is -0.352 e. The first-order valence-electron chi connectivity index (χ1n) is 13.0. The molecular formula is C29H26F2IN5O4S. The highest BCUT2D eigenvalue weighted by atomic mass is 127. The number of hydrogen-bond donors (Lipinski definition) is 2. The Hall–Kier alpha value is -3.53. The summed E-state index contributed by atoms with van der Waals surface area (Å²) in [6, 6.07) is 14.2. The van der Waals surface area contributed by atoms with Gasteiger partial charge >= 0.3 is 0 Å². The fraction of sp³-hybridized carbons (Fsp3) is 0.207. The SMILES string of the molecule is O=C(NOCC1CC1)c1cc(S(=O)(=O)N(Cc2cccnc2)Cc2cccnc2)c(F)c(F)c1Nc1ccc(I)cc1. The first-order valence-corrected chi connectivity index (χ1v) is 15.5. The van der Waals surface area contributed by atoms with Crippen LogP contribution in [0.4, 0.5) is 20.2 Å². The molecule has 1 aliphatic carbocycles. The van der Waals surface area contributed by atoms with Crippen LogP contribution in [0.3, 0.4) is 0 Å². The average Bonchev–Trinajstić information content (AvgIpc) is 3.82. The van der Waals surface area contributed by atoms with Crippen LogP contribution in [0.25, 0.3) is 0 Å². The number of benzene rings is 2. The van der Waals surface area contributed by atoms with Crippen molar-refractivity contribution in [1.29, 1.82) is 0 Å². The largest absolute Gasteiger partial charge is 0.352 e. The molecule has 0 radical (unpaired) electrons. The molecule has 2 aromatic carbocycles. The second kappa shape index (κ2) is 13.2. The predicted octanol–water partition coefficient (Wildman–Crippen LogP) is 5.57. The lowest BCUT2D eigenvalue weighted by Gasteiger charge is -2.24. The van der Waals surface area contributed by atoms with Crippen LogP contribution < -0.4 is 10.8 Å². The molecule has 1 amide bonds. The molecule has 0 unspecified atom stereocenters. The third kappa shape index (κ3) is 7.27. The summed E-state index contributed by atoms with van der Waals surface area (Å²) in [6.07, 6.45) is 7.96. The number of hydroxylamine groups is 1. The lowest BCUT2D eigenvalue weighted by molar-refractivity contribution is 0.0270. The average molecular weight is 706 g/mol. The number of rotatable bonds is 12. The van der Waals surface area contributed by atoms with Crippen molar-refractivity contribution in [2.75, 3.05) is 11.9 Å². The van der Waals surface area contributed by atoms with Crippen LogP contribution >= 0.6 is 22.6 Å². The van der Waals surface area contributed by atoms with Crippen LogP contribution in [-0.2, 0) is 28.0 Å². The topological polar surface area (TPSA) is 114 Å². The van der Waals surface area contributed by atoms with Gasteiger partial charge in [0.15, 0.2) is 11.6 Å². The molecule has 0 atom stereocenters. The van der Waals surface area contributed by atoms with E-state index in [-0.39, 0.29) is 19.7 Å². The van der Waals surface area contributed by atoms with Gasteiger partial charge in [0.05, 0.1) is 17.9 Å². The summed E-state index contributed by atoms with van der Waals surface area (Å²) in [7, 11) is -4.71. The van der Waals surface area contributed by atoms with Gasteiger partial charge in [0.25, 0.3) is 5.91 Å². The number of aromatic nitrogens is 2. The molecule has 2 aromatic heterocycles. The van der Waals surface area contributed by atoms with Crippen LogP contribution in [0.2, 0.25) is 0 Å². The van der Waals surface area contributed by atoms with E-state index in [1.165, 1.54) is 24.8 Å². The Balaban J connectivity index is 1.57. The third-order valence-corrected chi connectivity index (χ3v) is 9.00. The van der Waals surface area contributed by atoms with Crippen molar-refractivity contribution in [3.8, 4) is 0 Å². The maximum absolute atomic E-state index is 15.8. The van der Waals surface area contributed by atoms with Crippen molar-refractivity contribution >= 4 is 49.9 Å². The summed E-state index contributed by atoms with van der Waals surface area (Å²) < 4.78 is 61.4. The number of hydrogen-bond acceptors (Lipinski definition) is 7. The van der Waals surface area contributed by atoms with Crippen LogP contribution in [0.5, 0.6) is 0 Å². The van der Waals surface area contributed by atoms with E-state index in [1.807, 2.05) is 0 Å². The van der Waals surface area contributed by atoms with Gasteiger partial charge in [-0.1, -0.05) is 12.1 Å². The molecule has 1 fully saturated rings. The second-order valence-corrected chi connectivity index (χ2v) is 12.9. The van der Waals surface area contributed by atoms with Crippen molar-refractivity contribution in [2.45, 2.75) is 30.8 Å². The number of sulfonamides is 1. The Morgan fingerprint density at radius 1 is 0.976 bits per heavy atom. The van der Waals surface area contributed by atoms with Gasteiger partial charge < -0.3 is 5.32 Å². The number of amides is 1. The number of carbonyl (C=O) groups is 1. The van der Waals surface area contributed by atoms with E-state index < -0.39 is 43.7 Å². The zero-order valence-corrected chi connectivity index (χ0v) is 25.1. The Labute approximate surface area is 255 Å². The molecule has 2 N–H and O–H groups in total. The van der Waals surface area contributed by atoms with E-state index >= 15 is 8.78 Å². The van der Waals surface area contributed by atoms with Crippen molar-refractivity contribution in [2.24, 2.45) is 5.92 Å². The quantitative estimate of drug-likeness (QED) is 0.147. The number of nitrogens with one attached hydrogen (secondary N) is 2. The van der Waals surface area contributed by atoms with E-state index in [0.717, 1.165) is 26.8 Å². The minimum atomic E-state index is -4.71. The lowest BCUT2D eigenvalue weighted by Crippen LogP contribution is -2.32. The molecule has 0 bridgehead atoms. The monoisotopic (exact) mass is 705 g/mol. The molecule has 0 spiro atoms. The fourth-order valence-electron chi connectivity index (χ4n) is 4.09. The molecule has 5 rings (SSSR count). The smallest absolute Gasteiger partial charge is 0.277 e. The molecule has 0 aliphatic heterocycles. The number of carbonyl (C=O) groups excluding carboxylic acids is 1. The summed E-state index contributed by atoms with van der Waals surface area (Å²) in [5.74, 6) is -3.76. The van der Waals surface area contributed by atoms with Gasteiger partial charge in [-0.3, -0.25) is 19.6 Å². The van der Waals surface area contributed by atoms with Crippen LogP contribution in [-0.4, -0.2) is 35.2 Å². The molecular weight excluding hydrogens is 679 g/mol. The maximum Gasteiger partial charge on any atom is 0.277 e. The standard InChI is InChI=1S/C29H26F2IN5O4S/c30-26-25(42(39,40)37(16-20-3-1-11-33-14-20)17-21-4-2-12-34-15-21)13-24(29(38)36-41-18-19-5-6-19)28(27(26)31)35-23-9-7-22(32)8-10-23/h1-4,7-15,19,35H,5-6,16-18H2,(H,36,38). The van der Waals surface area contributed by atoms with Gasteiger partial charge in [0.2, 0.25) is 10.0 Å². The van der Waals surface area contributed by atoms with Gasteiger partial charge in [-0.05, 0) is 94.9 Å². The van der Waals surface area contributed by atoms with Crippen LogP contribution in [0.15, 0.2) is 84.3 Å². The van der Waals surface area contributed by atoms with E-state index in [1.54, 1.807) is 48.5 Å². The molecule has 1 aliphatic rings. The summed E-state index contributed by atoms with van der Waals surface area (Å²) >= 11 is 2.10. The maximum atomic E-state index is 15.8. The van der Waals surface area contributed by atoms with E-state index in [0.29, 0.717) is 22.7 Å². The third-order valence-electron chi connectivity index (χ3n) is 6.49.